The van der Waals surface area contributed by atoms with Crippen LogP contribution in [0.3, 0.4) is 0 Å². The monoisotopic (exact) mass is 293 g/mol. The van der Waals surface area contributed by atoms with Crippen LogP contribution in [0, 0.1) is 13.8 Å². The van der Waals surface area contributed by atoms with Crippen molar-refractivity contribution < 1.29 is 0 Å². The Balaban J connectivity index is 2.12. The molecule has 19 heavy (non-hydrogen) atoms. The van der Waals surface area contributed by atoms with Crippen LogP contribution in [0.4, 0.5) is 0 Å². The van der Waals surface area contributed by atoms with E-state index in [-0.39, 0.29) is 0 Å². The summed E-state index contributed by atoms with van der Waals surface area (Å²) < 4.78 is 5.08. The molecule has 0 aliphatic rings. The Morgan fingerprint density at radius 3 is 2.89 bits per heavy atom. The molecule has 5 heteroatoms. The molecule has 0 spiro atoms. The smallest absolute Gasteiger partial charge is 0.169 e. The van der Waals surface area contributed by atoms with E-state index in [0.29, 0.717) is 6.04 Å². The highest BCUT2D eigenvalue weighted by Gasteiger charge is 2.14. The van der Waals surface area contributed by atoms with Crippen LogP contribution in [-0.2, 0) is 0 Å². The van der Waals surface area contributed by atoms with Crippen LogP contribution in [0.1, 0.15) is 29.7 Å². The molecule has 102 valence electrons. The van der Waals surface area contributed by atoms with Crippen LogP contribution >= 0.6 is 23.3 Å². The van der Waals surface area contributed by atoms with Gasteiger partial charge in [0, 0.05) is 11.8 Å². The summed E-state index contributed by atoms with van der Waals surface area (Å²) in [4.78, 5) is 4.22. The first-order valence-corrected chi connectivity index (χ1v) is 8.16. The van der Waals surface area contributed by atoms with Gasteiger partial charge in [0.2, 0.25) is 0 Å². The van der Waals surface area contributed by atoms with E-state index in [0.717, 1.165) is 16.6 Å². The fraction of sp³-hybridized carbons (Fsp3) is 0.429. The molecule has 0 saturated carbocycles. The van der Waals surface area contributed by atoms with Crippen molar-refractivity contribution >= 4 is 23.3 Å². The summed E-state index contributed by atoms with van der Waals surface area (Å²) in [7, 11) is 0. The van der Waals surface area contributed by atoms with Crippen LogP contribution in [0.25, 0.3) is 0 Å². The number of benzene rings is 1. The van der Waals surface area contributed by atoms with Gasteiger partial charge in [-0.2, -0.15) is 4.37 Å². The Hall–Kier alpha value is -0.910. The molecule has 1 N–H and O–H groups in total. The highest BCUT2D eigenvalue weighted by atomic mass is 32.2. The van der Waals surface area contributed by atoms with Gasteiger partial charge < -0.3 is 5.32 Å². The lowest BCUT2D eigenvalue weighted by Gasteiger charge is -2.20. The van der Waals surface area contributed by atoms with Crippen molar-refractivity contribution in [2.45, 2.75) is 31.2 Å². The molecule has 1 unspecified atom stereocenters. The zero-order valence-electron chi connectivity index (χ0n) is 11.5. The van der Waals surface area contributed by atoms with Gasteiger partial charge in [0.25, 0.3) is 0 Å². The minimum Gasteiger partial charge on any atom is -0.309 e. The fourth-order valence-electron chi connectivity index (χ4n) is 2.02. The minimum atomic E-state index is 0.360. The molecule has 0 fully saturated rings. The molecule has 0 amide bonds. The van der Waals surface area contributed by atoms with Crippen molar-refractivity contribution in [2.24, 2.45) is 0 Å². The van der Waals surface area contributed by atoms with E-state index in [1.54, 1.807) is 18.1 Å². The third kappa shape index (κ3) is 4.03. The van der Waals surface area contributed by atoms with Gasteiger partial charge in [0.15, 0.2) is 4.34 Å². The number of nitrogens with zero attached hydrogens (tertiary/aromatic N) is 2. The molecule has 1 aromatic heterocycles. The predicted molar refractivity (Wildman–Crippen MR) is 83.0 cm³/mol. The summed E-state index contributed by atoms with van der Waals surface area (Å²) in [6, 6.07) is 7.01. The molecule has 0 saturated heterocycles. The second-order valence-electron chi connectivity index (χ2n) is 4.49. The zero-order valence-corrected chi connectivity index (χ0v) is 13.1. The third-order valence-corrected chi connectivity index (χ3v) is 4.87. The molecular formula is C14H19N3S2. The van der Waals surface area contributed by atoms with Crippen molar-refractivity contribution in [3.05, 3.63) is 41.2 Å². The van der Waals surface area contributed by atoms with Gasteiger partial charge in [0.1, 0.15) is 6.33 Å². The summed E-state index contributed by atoms with van der Waals surface area (Å²) in [5.41, 5.74) is 4.04. The molecular weight excluding hydrogens is 274 g/mol. The number of hydrogen-bond acceptors (Lipinski definition) is 5. The number of hydrogen-bond donors (Lipinski definition) is 1. The summed E-state index contributed by atoms with van der Waals surface area (Å²) >= 11 is 3.23. The first kappa shape index (κ1) is 14.5. The fourth-order valence-corrected chi connectivity index (χ4v) is 3.57. The van der Waals surface area contributed by atoms with Gasteiger partial charge in [0.05, 0.1) is 0 Å². The molecule has 2 aromatic rings. The van der Waals surface area contributed by atoms with Crippen LogP contribution < -0.4 is 5.32 Å². The number of nitrogens with one attached hydrogen (secondary N) is 1. The highest BCUT2D eigenvalue weighted by molar-refractivity contribution is 8.00. The number of rotatable bonds is 6. The van der Waals surface area contributed by atoms with Crippen LogP contribution in [0.2, 0.25) is 0 Å². The third-order valence-electron chi connectivity index (χ3n) is 2.98. The molecule has 1 aromatic carbocycles. The van der Waals surface area contributed by atoms with E-state index in [2.05, 4.69) is 53.6 Å². The maximum absolute atomic E-state index is 4.22. The molecule has 3 nitrogen and oxygen atoms in total. The molecule has 0 aliphatic carbocycles. The van der Waals surface area contributed by atoms with E-state index in [1.165, 1.54) is 28.2 Å². The summed E-state index contributed by atoms with van der Waals surface area (Å²) in [5.74, 6) is 0.979. The maximum Gasteiger partial charge on any atom is 0.169 e. The Morgan fingerprint density at radius 2 is 2.21 bits per heavy atom. The Bertz CT molecular complexity index is 511. The van der Waals surface area contributed by atoms with Gasteiger partial charge >= 0.3 is 0 Å². The number of aryl methyl sites for hydroxylation is 2. The van der Waals surface area contributed by atoms with E-state index in [4.69, 9.17) is 0 Å². The normalized spacial score (nSPS) is 12.6. The molecule has 0 radical (unpaired) electrons. The quantitative estimate of drug-likeness (QED) is 0.826. The van der Waals surface area contributed by atoms with Crippen molar-refractivity contribution in [3.8, 4) is 0 Å². The number of aromatic nitrogens is 2. The van der Waals surface area contributed by atoms with E-state index in [1.807, 2.05) is 0 Å². The zero-order chi connectivity index (χ0) is 13.7. The first-order valence-electron chi connectivity index (χ1n) is 6.40. The molecule has 1 heterocycles. The average Bonchev–Trinajstić information content (AvgIpc) is 2.91. The SMILES string of the molecule is CCNC(CSc1ncns1)c1cc(C)ccc1C. The second kappa shape index (κ2) is 7.03. The van der Waals surface area contributed by atoms with Gasteiger partial charge in [-0.1, -0.05) is 42.4 Å². The lowest BCUT2D eigenvalue weighted by atomic mass is 10.00. The minimum absolute atomic E-state index is 0.360. The molecule has 1 atom stereocenters. The van der Waals surface area contributed by atoms with Crippen LogP contribution in [0.5, 0.6) is 0 Å². The summed E-state index contributed by atoms with van der Waals surface area (Å²) in [6.45, 7) is 7.43. The second-order valence-corrected chi connectivity index (χ2v) is 6.54. The van der Waals surface area contributed by atoms with Crippen molar-refractivity contribution in [2.75, 3.05) is 12.3 Å². The first-order chi connectivity index (χ1) is 9.20. The molecule has 0 aliphatic heterocycles. The van der Waals surface area contributed by atoms with Crippen LogP contribution in [-0.4, -0.2) is 21.7 Å². The summed E-state index contributed by atoms with van der Waals surface area (Å²) in [6.07, 6.45) is 1.62. The van der Waals surface area contributed by atoms with Gasteiger partial charge in [-0.15, -0.1) is 0 Å². The van der Waals surface area contributed by atoms with Crippen molar-refractivity contribution in [1.29, 1.82) is 0 Å². The summed E-state index contributed by atoms with van der Waals surface area (Å²) in [5, 5.41) is 3.56. The Labute approximate surface area is 123 Å². The average molecular weight is 293 g/mol. The lowest BCUT2D eigenvalue weighted by Crippen LogP contribution is -2.23. The van der Waals surface area contributed by atoms with E-state index >= 15 is 0 Å². The lowest BCUT2D eigenvalue weighted by molar-refractivity contribution is 0.602. The van der Waals surface area contributed by atoms with E-state index < -0.39 is 0 Å². The van der Waals surface area contributed by atoms with Crippen molar-refractivity contribution in [1.82, 2.24) is 14.7 Å². The van der Waals surface area contributed by atoms with Gasteiger partial charge in [-0.3, -0.25) is 0 Å². The number of thioether (sulfide) groups is 1. The Morgan fingerprint density at radius 1 is 1.37 bits per heavy atom. The maximum atomic E-state index is 4.22. The predicted octanol–water partition coefficient (Wildman–Crippen LogP) is 3.60. The Kier molecular flexibility index (Phi) is 5.36. The van der Waals surface area contributed by atoms with Gasteiger partial charge in [-0.05, 0) is 43.1 Å². The molecule has 0 bridgehead atoms. The van der Waals surface area contributed by atoms with Crippen LogP contribution in [0.15, 0.2) is 28.9 Å². The highest BCUT2D eigenvalue weighted by Crippen LogP contribution is 2.27. The molecule has 2 rings (SSSR count). The van der Waals surface area contributed by atoms with Crippen molar-refractivity contribution in [3.63, 3.8) is 0 Å². The largest absolute Gasteiger partial charge is 0.309 e. The standard InChI is InChI=1S/C14H19N3S2/c1-4-15-13(8-18-14-16-9-17-19-14)12-7-10(2)5-6-11(12)3/h5-7,9,13,15H,4,8H2,1-3H3. The van der Waals surface area contributed by atoms with Gasteiger partial charge in [-0.25, -0.2) is 4.98 Å². The topological polar surface area (TPSA) is 37.8 Å². The van der Waals surface area contributed by atoms with E-state index in [9.17, 15) is 0 Å².